The van der Waals surface area contributed by atoms with Crippen LogP contribution in [-0.4, -0.2) is 15.5 Å². The summed E-state index contributed by atoms with van der Waals surface area (Å²) in [7, 11) is 0. The number of rotatable bonds is 6. The van der Waals surface area contributed by atoms with Gasteiger partial charge in [-0.15, -0.1) is 0 Å². The van der Waals surface area contributed by atoms with E-state index in [1.807, 2.05) is 31.2 Å². The van der Waals surface area contributed by atoms with Crippen molar-refractivity contribution in [3.05, 3.63) is 65.5 Å². The number of nitrogens with one attached hydrogen (secondary N) is 1. The van der Waals surface area contributed by atoms with Crippen LogP contribution in [0.1, 0.15) is 42.9 Å². The van der Waals surface area contributed by atoms with E-state index >= 15 is 0 Å². The lowest BCUT2D eigenvalue weighted by Crippen LogP contribution is -2.29. The highest BCUT2D eigenvalue weighted by Gasteiger charge is 2.22. The highest BCUT2D eigenvalue weighted by atomic mass is 19.3. The number of nitrogens with zero attached hydrogens (tertiary/aromatic N) is 2. The Morgan fingerprint density at radius 2 is 1.85 bits per heavy atom. The number of para-hydroxylation sites is 2. The van der Waals surface area contributed by atoms with Crippen molar-refractivity contribution in [2.45, 2.75) is 39.3 Å². The molecule has 0 bridgehead atoms. The Morgan fingerprint density at radius 3 is 2.54 bits per heavy atom. The molecule has 0 spiro atoms. The zero-order chi connectivity index (χ0) is 18.7. The molecule has 3 aromatic rings. The molecule has 0 saturated carbocycles. The zero-order valence-electron chi connectivity index (χ0n) is 14.7. The van der Waals surface area contributed by atoms with Crippen molar-refractivity contribution in [3.8, 4) is 0 Å². The monoisotopic (exact) mass is 357 g/mol. The van der Waals surface area contributed by atoms with Crippen LogP contribution < -0.4 is 5.32 Å². The fourth-order valence-corrected chi connectivity index (χ4v) is 2.96. The summed E-state index contributed by atoms with van der Waals surface area (Å²) < 4.78 is 27.9. The van der Waals surface area contributed by atoms with Crippen LogP contribution in [0.25, 0.3) is 11.0 Å². The van der Waals surface area contributed by atoms with Crippen LogP contribution in [0.15, 0.2) is 48.5 Å². The van der Waals surface area contributed by atoms with Gasteiger partial charge >= 0.3 is 6.55 Å². The second-order valence-corrected chi connectivity index (χ2v) is 6.38. The molecule has 0 aliphatic rings. The third-order valence-electron chi connectivity index (χ3n) is 4.34. The molecule has 0 aliphatic heterocycles. The van der Waals surface area contributed by atoms with Crippen molar-refractivity contribution in [3.63, 3.8) is 0 Å². The lowest BCUT2D eigenvalue weighted by Gasteiger charge is -2.16. The highest BCUT2D eigenvalue weighted by molar-refractivity contribution is 5.78. The molecule has 0 aliphatic carbocycles. The first-order valence-corrected chi connectivity index (χ1v) is 8.55. The van der Waals surface area contributed by atoms with E-state index in [1.54, 1.807) is 31.2 Å². The van der Waals surface area contributed by atoms with Gasteiger partial charge < -0.3 is 5.32 Å². The maximum atomic E-state index is 13.5. The van der Waals surface area contributed by atoms with Gasteiger partial charge in [0.2, 0.25) is 5.91 Å². The van der Waals surface area contributed by atoms with Crippen LogP contribution in [-0.2, 0) is 11.2 Å². The molecule has 1 atom stereocenters. The molecule has 136 valence electrons. The third-order valence-corrected chi connectivity index (χ3v) is 4.34. The molecule has 4 nitrogen and oxygen atoms in total. The van der Waals surface area contributed by atoms with Gasteiger partial charge in [0.1, 0.15) is 5.82 Å². The Kier molecular flexibility index (Phi) is 5.30. The Labute approximate surface area is 150 Å². The summed E-state index contributed by atoms with van der Waals surface area (Å²) in [6.45, 7) is 0.959. The standard InChI is InChI=1S/C20H21F2N3O/c1-13-7-9-15(10-8-13)11-12-18(26)23-14(2)19-24-16-5-3-4-6-17(16)25(19)20(21)22/h3-10,14,20H,11-12H2,1-2H3,(H,23,26). The number of aromatic nitrogens is 2. The second-order valence-electron chi connectivity index (χ2n) is 6.38. The van der Waals surface area contributed by atoms with Crippen molar-refractivity contribution < 1.29 is 13.6 Å². The summed E-state index contributed by atoms with van der Waals surface area (Å²) in [6, 6.07) is 14.1. The van der Waals surface area contributed by atoms with Gasteiger partial charge in [-0.2, -0.15) is 8.78 Å². The number of fused-ring (bicyclic) bond motifs is 1. The molecular weight excluding hydrogens is 336 g/mol. The van der Waals surface area contributed by atoms with Gasteiger partial charge in [-0.05, 0) is 38.0 Å². The highest BCUT2D eigenvalue weighted by Crippen LogP contribution is 2.26. The number of hydrogen-bond donors (Lipinski definition) is 1. The number of aryl methyl sites for hydroxylation is 2. The van der Waals surface area contributed by atoms with E-state index in [-0.39, 0.29) is 11.7 Å². The average Bonchev–Trinajstić information content (AvgIpc) is 3.01. The molecule has 0 fully saturated rings. The van der Waals surface area contributed by atoms with Crippen molar-refractivity contribution in [1.82, 2.24) is 14.9 Å². The predicted octanol–water partition coefficient (Wildman–Crippen LogP) is 4.55. The molecular formula is C20H21F2N3O. The van der Waals surface area contributed by atoms with Gasteiger partial charge in [-0.1, -0.05) is 42.0 Å². The number of halogens is 2. The minimum atomic E-state index is -2.72. The van der Waals surface area contributed by atoms with Crippen molar-refractivity contribution in [2.24, 2.45) is 0 Å². The fourth-order valence-electron chi connectivity index (χ4n) is 2.96. The second kappa shape index (κ2) is 7.64. The Bertz CT molecular complexity index is 903. The van der Waals surface area contributed by atoms with Crippen LogP contribution in [0.2, 0.25) is 0 Å². The first-order chi connectivity index (χ1) is 12.5. The van der Waals surface area contributed by atoms with Crippen LogP contribution in [0.4, 0.5) is 8.78 Å². The van der Waals surface area contributed by atoms with E-state index < -0.39 is 12.6 Å². The topological polar surface area (TPSA) is 46.9 Å². The van der Waals surface area contributed by atoms with Crippen LogP contribution >= 0.6 is 0 Å². The first-order valence-electron chi connectivity index (χ1n) is 8.55. The predicted molar refractivity (Wildman–Crippen MR) is 97.0 cm³/mol. The average molecular weight is 357 g/mol. The van der Waals surface area contributed by atoms with Crippen molar-refractivity contribution in [1.29, 1.82) is 0 Å². The molecule has 2 aromatic carbocycles. The van der Waals surface area contributed by atoms with Gasteiger partial charge in [-0.3, -0.25) is 9.36 Å². The molecule has 26 heavy (non-hydrogen) atoms. The van der Waals surface area contributed by atoms with E-state index in [0.717, 1.165) is 15.7 Å². The smallest absolute Gasteiger partial charge is 0.320 e. The summed E-state index contributed by atoms with van der Waals surface area (Å²) in [4.78, 5) is 16.5. The van der Waals surface area contributed by atoms with Gasteiger partial charge in [0.25, 0.3) is 0 Å². The summed E-state index contributed by atoms with van der Waals surface area (Å²) in [5.41, 5.74) is 3.08. The number of alkyl halides is 2. The fraction of sp³-hybridized carbons (Fsp3) is 0.300. The van der Waals surface area contributed by atoms with E-state index in [1.165, 1.54) is 0 Å². The van der Waals surface area contributed by atoms with Gasteiger partial charge in [0.15, 0.2) is 0 Å². The Morgan fingerprint density at radius 1 is 1.15 bits per heavy atom. The number of amides is 1. The molecule has 1 N–H and O–H groups in total. The van der Waals surface area contributed by atoms with Gasteiger partial charge in [0, 0.05) is 6.42 Å². The minimum absolute atomic E-state index is 0.157. The number of carbonyl (C=O) groups excluding carboxylic acids is 1. The van der Waals surface area contributed by atoms with Gasteiger partial charge in [0.05, 0.1) is 17.1 Å². The lowest BCUT2D eigenvalue weighted by atomic mass is 10.1. The number of carbonyl (C=O) groups is 1. The van der Waals surface area contributed by atoms with Crippen molar-refractivity contribution in [2.75, 3.05) is 0 Å². The first kappa shape index (κ1) is 18.0. The molecule has 0 radical (unpaired) electrons. The minimum Gasteiger partial charge on any atom is -0.346 e. The number of imidazole rings is 1. The largest absolute Gasteiger partial charge is 0.346 e. The molecule has 6 heteroatoms. The molecule has 1 unspecified atom stereocenters. The molecule has 1 heterocycles. The van der Waals surface area contributed by atoms with Crippen LogP contribution in [0.5, 0.6) is 0 Å². The molecule has 3 rings (SSSR count). The summed E-state index contributed by atoms with van der Waals surface area (Å²) in [5.74, 6) is -0.0316. The normalized spacial score (nSPS) is 12.5. The molecule has 1 aromatic heterocycles. The van der Waals surface area contributed by atoms with Gasteiger partial charge in [-0.25, -0.2) is 4.98 Å². The SMILES string of the molecule is Cc1ccc(CCC(=O)NC(C)c2nc3ccccc3n2C(F)F)cc1. The number of benzene rings is 2. The summed E-state index contributed by atoms with van der Waals surface area (Å²) in [6.07, 6.45) is 0.895. The van der Waals surface area contributed by atoms with Crippen molar-refractivity contribution >= 4 is 16.9 Å². The summed E-state index contributed by atoms with van der Waals surface area (Å²) >= 11 is 0. The Balaban J connectivity index is 1.70. The lowest BCUT2D eigenvalue weighted by molar-refractivity contribution is -0.121. The quantitative estimate of drug-likeness (QED) is 0.703. The van der Waals surface area contributed by atoms with Crippen LogP contribution in [0.3, 0.4) is 0 Å². The molecule has 0 saturated heterocycles. The number of hydrogen-bond acceptors (Lipinski definition) is 2. The van der Waals surface area contributed by atoms with Crippen LogP contribution in [0, 0.1) is 6.92 Å². The molecule has 1 amide bonds. The Hall–Kier alpha value is -2.76. The van der Waals surface area contributed by atoms with E-state index in [2.05, 4.69) is 10.3 Å². The van der Waals surface area contributed by atoms with E-state index in [4.69, 9.17) is 0 Å². The zero-order valence-corrected chi connectivity index (χ0v) is 14.7. The van der Waals surface area contributed by atoms with E-state index in [0.29, 0.717) is 23.9 Å². The summed E-state index contributed by atoms with van der Waals surface area (Å²) in [5, 5.41) is 2.78. The van der Waals surface area contributed by atoms with E-state index in [9.17, 15) is 13.6 Å². The maximum absolute atomic E-state index is 13.5. The maximum Gasteiger partial charge on any atom is 0.320 e. The third kappa shape index (κ3) is 3.90.